The average molecular weight is 437 g/mol. The Morgan fingerprint density at radius 2 is 1.66 bits per heavy atom. The summed E-state index contributed by atoms with van der Waals surface area (Å²) in [6.07, 6.45) is 11.6. The van der Waals surface area contributed by atoms with Crippen LogP contribution in [0.3, 0.4) is 0 Å². The van der Waals surface area contributed by atoms with Crippen LogP contribution in [0.4, 0.5) is 0 Å². The van der Waals surface area contributed by atoms with Gasteiger partial charge in [-0.1, -0.05) is 82.2 Å². The molecule has 3 rings (SSSR count). The summed E-state index contributed by atoms with van der Waals surface area (Å²) in [5.41, 5.74) is 7.08. The minimum absolute atomic E-state index is 0.0325. The van der Waals surface area contributed by atoms with E-state index >= 15 is 0 Å². The Bertz CT molecular complexity index is 907. The molecule has 0 heterocycles. The second-order valence-corrected chi connectivity index (χ2v) is 9.77. The lowest BCUT2D eigenvalue weighted by atomic mass is 9.73. The normalized spacial score (nSPS) is 16.8. The van der Waals surface area contributed by atoms with Crippen LogP contribution in [-0.2, 0) is 31.5 Å². The van der Waals surface area contributed by atoms with Crippen LogP contribution in [0, 0.1) is 5.92 Å². The van der Waals surface area contributed by atoms with E-state index in [1.807, 2.05) is 26.0 Å². The number of hydrogen-bond donors (Lipinski definition) is 3. The third kappa shape index (κ3) is 5.70. The van der Waals surface area contributed by atoms with Gasteiger partial charge in [0.1, 0.15) is 0 Å². The molecule has 1 fully saturated rings. The fourth-order valence-corrected chi connectivity index (χ4v) is 5.08. The van der Waals surface area contributed by atoms with E-state index in [4.69, 9.17) is 0 Å². The number of aliphatic hydroxyl groups excluding tert-OH is 3. The summed E-state index contributed by atoms with van der Waals surface area (Å²) in [5, 5.41) is 29.3. The predicted octanol–water partition coefficient (Wildman–Crippen LogP) is 5.71. The third-order valence-electron chi connectivity index (χ3n) is 7.36. The standard InChI is InChI=1S/C29H40O3/c1-4-23-18-27(11-9-24(23)10-12-28(32)21(2)3)29(14-5-6-15-29)16-13-22-7-8-25(19-30)26(17-22)20-31/h7-12,17-18,21,28,30-32H,4-6,13-16,19-20H2,1-3H3/b12-10+. The minimum Gasteiger partial charge on any atom is -0.392 e. The van der Waals surface area contributed by atoms with Gasteiger partial charge in [0.15, 0.2) is 0 Å². The van der Waals surface area contributed by atoms with Gasteiger partial charge in [-0.25, -0.2) is 0 Å². The van der Waals surface area contributed by atoms with Crippen LogP contribution in [0.2, 0.25) is 0 Å². The van der Waals surface area contributed by atoms with Gasteiger partial charge in [0.25, 0.3) is 0 Å². The molecule has 0 aromatic heterocycles. The molecule has 32 heavy (non-hydrogen) atoms. The van der Waals surface area contributed by atoms with E-state index in [-0.39, 0.29) is 24.5 Å². The van der Waals surface area contributed by atoms with Gasteiger partial charge < -0.3 is 15.3 Å². The zero-order valence-corrected chi connectivity index (χ0v) is 20.0. The van der Waals surface area contributed by atoms with E-state index in [9.17, 15) is 15.3 Å². The number of benzene rings is 2. The molecule has 1 aliphatic rings. The van der Waals surface area contributed by atoms with Crippen molar-refractivity contribution in [2.45, 2.75) is 90.4 Å². The monoisotopic (exact) mass is 436 g/mol. The number of aryl methyl sites for hydroxylation is 2. The molecule has 0 amide bonds. The topological polar surface area (TPSA) is 60.7 Å². The maximum absolute atomic E-state index is 10.2. The summed E-state index contributed by atoms with van der Waals surface area (Å²) in [6, 6.07) is 13.0. The molecule has 3 nitrogen and oxygen atoms in total. The number of hydrogen-bond acceptors (Lipinski definition) is 3. The van der Waals surface area contributed by atoms with Gasteiger partial charge in [-0.2, -0.15) is 0 Å². The fraction of sp³-hybridized carbons (Fsp3) is 0.517. The van der Waals surface area contributed by atoms with Crippen molar-refractivity contribution in [1.82, 2.24) is 0 Å². The highest BCUT2D eigenvalue weighted by Crippen LogP contribution is 2.45. The van der Waals surface area contributed by atoms with Crippen LogP contribution in [0.25, 0.3) is 6.08 Å². The molecule has 1 aliphatic carbocycles. The summed E-state index contributed by atoms with van der Waals surface area (Å²) in [6.45, 7) is 6.20. The smallest absolute Gasteiger partial charge is 0.0747 e. The Kier molecular flexibility index (Phi) is 8.70. The Labute approximate surface area is 193 Å². The molecular weight excluding hydrogens is 396 g/mol. The van der Waals surface area contributed by atoms with Crippen molar-refractivity contribution in [3.63, 3.8) is 0 Å². The molecule has 1 saturated carbocycles. The second-order valence-electron chi connectivity index (χ2n) is 9.77. The van der Waals surface area contributed by atoms with Crippen molar-refractivity contribution in [2.75, 3.05) is 0 Å². The van der Waals surface area contributed by atoms with Gasteiger partial charge >= 0.3 is 0 Å². The Hall–Kier alpha value is -1.94. The lowest BCUT2D eigenvalue weighted by molar-refractivity contribution is 0.173. The van der Waals surface area contributed by atoms with Crippen LogP contribution in [0.1, 0.15) is 86.3 Å². The van der Waals surface area contributed by atoms with Crippen molar-refractivity contribution in [1.29, 1.82) is 0 Å². The van der Waals surface area contributed by atoms with E-state index < -0.39 is 6.10 Å². The van der Waals surface area contributed by atoms with Crippen LogP contribution < -0.4 is 0 Å². The highest BCUT2D eigenvalue weighted by molar-refractivity contribution is 5.56. The molecule has 3 N–H and O–H groups in total. The van der Waals surface area contributed by atoms with Gasteiger partial charge in [-0.3, -0.25) is 0 Å². The van der Waals surface area contributed by atoms with Crippen molar-refractivity contribution >= 4 is 6.08 Å². The van der Waals surface area contributed by atoms with E-state index in [1.165, 1.54) is 47.9 Å². The highest BCUT2D eigenvalue weighted by Gasteiger charge is 2.35. The van der Waals surface area contributed by atoms with E-state index in [0.717, 1.165) is 30.4 Å². The van der Waals surface area contributed by atoms with Crippen molar-refractivity contribution in [3.05, 3.63) is 75.9 Å². The molecule has 0 radical (unpaired) electrons. The summed E-state index contributed by atoms with van der Waals surface area (Å²) >= 11 is 0. The molecule has 0 saturated heterocycles. The van der Waals surface area contributed by atoms with Gasteiger partial charge in [0.05, 0.1) is 19.3 Å². The van der Waals surface area contributed by atoms with Gasteiger partial charge in [-0.05, 0) is 76.8 Å². The molecule has 1 atom stereocenters. The Morgan fingerprint density at radius 1 is 0.938 bits per heavy atom. The van der Waals surface area contributed by atoms with E-state index in [2.05, 4.69) is 43.3 Å². The van der Waals surface area contributed by atoms with E-state index in [0.29, 0.717) is 0 Å². The largest absolute Gasteiger partial charge is 0.392 e. The van der Waals surface area contributed by atoms with Gasteiger partial charge in [-0.15, -0.1) is 0 Å². The van der Waals surface area contributed by atoms with Crippen LogP contribution in [0.5, 0.6) is 0 Å². The van der Waals surface area contributed by atoms with Gasteiger partial charge in [0, 0.05) is 0 Å². The Morgan fingerprint density at radius 3 is 2.28 bits per heavy atom. The first-order chi connectivity index (χ1) is 15.4. The van der Waals surface area contributed by atoms with Crippen LogP contribution in [0.15, 0.2) is 42.5 Å². The first kappa shape index (κ1) is 24.7. The minimum atomic E-state index is -0.415. The Balaban J connectivity index is 1.83. The third-order valence-corrected chi connectivity index (χ3v) is 7.36. The first-order valence-corrected chi connectivity index (χ1v) is 12.2. The quantitative estimate of drug-likeness (QED) is 0.447. The number of rotatable bonds is 10. The molecule has 1 unspecified atom stereocenters. The van der Waals surface area contributed by atoms with E-state index in [1.54, 1.807) is 0 Å². The summed E-state index contributed by atoms with van der Waals surface area (Å²) < 4.78 is 0. The average Bonchev–Trinajstić information content (AvgIpc) is 3.30. The zero-order chi connectivity index (χ0) is 23.1. The molecule has 3 heteroatoms. The molecule has 174 valence electrons. The van der Waals surface area contributed by atoms with Gasteiger partial charge in [0.2, 0.25) is 0 Å². The maximum Gasteiger partial charge on any atom is 0.0747 e. The van der Waals surface area contributed by atoms with Crippen LogP contribution >= 0.6 is 0 Å². The van der Waals surface area contributed by atoms with Crippen molar-refractivity contribution in [2.24, 2.45) is 5.92 Å². The lowest BCUT2D eigenvalue weighted by Crippen LogP contribution is -2.23. The predicted molar refractivity (Wildman–Crippen MR) is 132 cm³/mol. The second kappa shape index (κ2) is 11.3. The highest BCUT2D eigenvalue weighted by atomic mass is 16.3. The summed E-state index contributed by atoms with van der Waals surface area (Å²) in [4.78, 5) is 0. The summed E-state index contributed by atoms with van der Waals surface area (Å²) in [5.74, 6) is 0.218. The molecule has 2 aromatic rings. The molecule has 0 spiro atoms. The molecular formula is C29H40O3. The van der Waals surface area contributed by atoms with Crippen LogP contribution in [-0.4, -0.2) is 21.4 Å². The first-order valence-electron chi connectivity index (χ1n) is 12.2. The maximum atomic E-state index is 10.2. The molecule has 2 aromatic carbocycles. The van der Waals surface area contributed by atoms with Crippen molar-refractivity contribution in [3.8, 4) is 0 Å². The lowest BCUT2D eigenvalue weighted by Gasteiger charge is -2.31. The molecule has 0 aliphatic heterocycles. The SMILES string of the molecule is CCc1cc(C2(CCc3ccc(CO)c(CO)c3)CCCC2)ccc1/C=C/C(O)C(C)C. The van der Waals surface area contributed by atoms with Crippen molar-refractivity contribution < 1.29 is 15.3 Å². The molecule has 0 bridgehead atoms. The fourth-order valence-electron chi connectivity index (χ4n) is 5.08. The zero-order valence-electron chi connectivity index (χ0n) is 20.0. The summed E-state index contributed by atoms with van der Waals surface area (Å²) in [7, 11) is 0. The number of aliphatic hydroxyl groups is 3.